The van der Waals surface area contributed by atoms with E-state index >= 15 is 0 Å². The van der Waals surface area contributed by atoms with Gasteiger partial charge >= 0.3 is 0 Å². The topological polar surface area (TPSA) is 478 Å². The Morgan fingerprint density at radius 3 is 0.933 bits per heavy atom. The van der Waals surface area contributed by atoms with E-state index in [4.69, 9.17) is 17.2 Å². The van der Waals surface area contributed by atoms with Crippen molar-refractivity contribution in [2.45, 2.75) is 205 Å². The van der Waals surface area contributed by atoms with Crippen LogP contribution in [-0.4, -0.2) is 192 Å². The molecule has 15 amide bonds. The Kier molecular flexibility index (Phi) is 46.9. The second-order valence-electron chi connectivity index (χ2n) is 21.1. The Hall–Kier alpha value is -6.90. The number of hydrogen-bond acceptors (Lipinski definition) is 18. The highest BCUT2D eigenvalue weighted by molar-refractivity contribution is 8.00. The van der Waals surface area contributed by atoms with Crippen molar-refractivity contribution in [2.75, 3.05) is 61.5 Å². The maximum atomic E-state index is 13.8. The van der Waals surface area contributed by atoms with Gasteiger partial charge in [0.15, 0.2) is 0 Å². The Labute approximate surface area is 542 Å². The molecular weight excluding hydrogens is 1230 g/mol. The summed E-state index contributed by atoms with van der Waals surface area (Å²) in [5, 5.41) is 32.0. The molecule has 30 nitrogen and oxygen atoms in total. The van der Waals surface area contributed by atoms with Crippen LogP contribution in [0.4, 0.5) is 0 Å². The molecule has 0 fully saturated rings. The van der Waals surface area contributed by atoms with E-state index in [1.54, 1.807) is 27.7 Å². The highest BCUT2D eigenvalue weighted by Crippen LogP contribution is 2.12. The standard InChI is InChI=1S/C57H101N15O15S3/c1-6-44(74)61-26-17-12-22-39(67-46(76)8-3)54(84)69-37(51(58)81)20-10-15-29-64-49(79)34-89-32-42(53(60)83)72-56(86)41(24-14-19-28-63-48(78)25-31-88)71-57(87)43(66-36(5)73)33-90-35-50(80)65-30-16-11-21-38(52(59)82)70-55(85)40(68-47(77)9-4)23-13-18-27-62-45(75)7-2/h37-43,88H,6-35H2,1-5H3,(H2,58,81)(H2,59,82)(H2,60,83)(H,61,74)(H,62,75)(H,63,78)(H,64,79)(H,65,80)(H,66,73)(H,67,76)(H,68,77)(H,69,84)(H,70,85)(H,71,87)(H,72,86). The number of carbonyl (C=O) groups excluding carboxylic acids is 15. The molecule has 7 atom stereocenters. The lowest BCUT2D eigenvalue weighted by Crippen LogP contribution is -2.57. The second kappa shape index (κ2) is 50.8. The van der Waals surface area contributed by atoms with Gasteiger partial charge in [0.1, 0.15) is 42.3 Å². The van der Waals surface area contributed by atoms with Gasteiger partial charge in [0.2, 0.25) is 88.6 Å². The molecule has 0 saturated carbocycles. The molecule has 0 bridgehead atoms. The molecule has 90 heavy (non-hydrogen) atoms. The number of carbonyl (C=O) groups is 15. The lowest BCUT2D eigenvalue weighted by Gasteiger charge is -2.24. The van der Waals surface area contributed by atoms with E-state index in [-0.39, 0.29) is 124 Å². The fourth-order valence-corrected chi connectivity index (χ4v) is 10.2. The molecule has 33 heteroatoms. The van der Waals surface area contributed by atoms with Gasteiger partial charge in [-0.25, -0.2) is 0 Å². The van der Waals surface area contributed by atoms with E-state index in [1.165, 1.54) is 6.92 Å². The normalized spacial score (nSPS) is 13.1. The molecule has 512 valence electrons. The van der Waals surface area contributed by atoms with Gasteiger partial charge in [-0.05, 0) is 102 Å². The monoisotopic (exact) mass is 1330 g/mol. The van der Waals surface area contributed by atoms with Crippen LogP contribution in [0, 0.1) is 0 Å². The molecule has 0 saturated heterocycles. The predicted octanol–water partition coefficient (Wildman–Crippen LogP) is -2.29. The average Bonchev–Trinajstić information content (AvgIpc) is 3.09. The summed E-state index contributed by atoms with van der Waals surface area (Å²) in [4.78, 5) is 189. The van der Waals surface area contributed by atoms with Crippen molar-refractivity contribution in [1.29, 1.82) is 0 Å². The first kappa shape index (κ1) is 83.1. The third-order valence-electron chi connectivity index (χ3n) is 13.5. The summed E-state index contributed by atoms with van der Waals surface area (Å²) < 4.78 is 0. The zero-order valence-corrected chi connectivity index (χ0v) is 55.4. The number of nitrogens with two attached hydrogens (primary N) is 3. The minimum atomic E-state index is -1.31. The number of rotatable bonds is 53. The van der Waals surface area contributed by atoms with Crippen molar-refractivity contribution >= 4 is 125 Å². The quantitative estimate of drug-likeness (QED) is 0.0225. The van der Waals surface area contributed by atoms with Crippen molar-refractivity contribution in [3.05, 3.63) is 0 Å². The van der Waals surface area contributed by atoms with Gasteiger partial charge in [-0.1, -0.05) is 27.7 Å². The van der Waals surface area contributed by atoms with Crippen LogP contribution in [0.3, 0.4) is 0 Å². The van der Waals surface area contributed by atoms with Crippen LogP contribution in [0.25, 0.3) is 0 Å². The van der Waals surface area contributed by atoms with Crippen LogP contribution in [0.1, 0.15) is 163 Å². The Morgan fingerprint density at radius 2 is 0.611 bits per heavy atom. The maximum Gasteiger partial charge on any atom is 0.244 e. The molecule has 0 heterocycles. The van der Waals surface area contributed by atoms with Gasteiger partial charge in [0, 0.05) is 83.3 Å². The first-order valence-electron chi connectivity index (χ1n) is 30.9. The van der Waals surface area contributed by atoms with Gasteiger partial charge < -0.3 is 81.0 Å². The highest BCUT2D eigenvalue weighted by Gasteiger charge is 2.31. The minimum absolute atomic E-state index is 0.0161. The number of nitrogens with one attached hydrogen (secondary N) is 12. The smallest absolute Gasteiger partial charge is 0.244 e. The van der Waals surface area contributed by atoms with Crippen LogP contribution in [0.2, 0.25) is 0 Å². The summed E-state index contributed by atoms with van der Waals surface area (Å²) in [6, 6.07) is -7.81. The fraction of sp³-hybridized carbons (Fsp3) is 0.737. The Morgan fingerprint density at radius 1 is 0.333 bits per heavy atom. The van der Waals surface area contributed by atoms with E-state index in [2.05, 4.69) is 76.4 Å². The SMILES string of the molecule is CCC(=O)NCCCCC(NC(=O)CC)C(=O)NC(CCCCNC(=O)CSCC(NC(=O)C(CCCCNC(=O)CCS)NC(=O)C(CSCC(=O)NCCCCC(NC(=O)C(CCCCNC(=O)CC)NC(=O)CC)C(N)=O)NC(C)=O)C(N)=O)C(N)=O. The second-order valence-corrected chi connectivity index (χ2v) is 23.6. The molecule has 7 unspecified atom stereocenters. The van der Waals surface area contributed by atoms with E-state index in [1.807, 2.05) is 0 Å². The molecule has 18 N–H and O–H groups in total. The third kappa shape index (κ3) is 41.4. The minimum Gasteiger partial charge on any atom is -0.368 e. The highest BCUT2D eigenvalue weighted by atomic mass is 32.2. The van der Waals surface area contributed by atoms with Crippen LogP contribution in [0.15, 0.2) is 0 Å². The number of unbranched alkanes of at least 4 members (excludes halogenated alkanes) is 5. The summed E-state index contributed by atoms with van der Waals surface area (Å²) in [6.45, 7) is 9.32. The summed E-state index contributed by atoms with van der Waals surface area (Å²) in [5.41, 5.74) is 16.9. The van der Waals surface area contributed by atoms with Crippen LogP contribution in [0.5, 0.6) is 0 Å². The molecule has 0 aromatic rings. The first-order valence-corrected chi connectivity index (χ1v) is 33.8. The maximum absolute atomic E-state index is 13.8. The van der Waals surface area contributed by atoms with Gasteiger partial charge in [-0.2, -0.15) is 12.6 Å². The summed E-state index contributed by atoms with van der Waals surface area (Å²) in [7, 11) is 0. The van der Waals surface area contributed by atoms with Gasteiger partial charge in [0.05, 0.1) is 11.5 Å². The molecule has 0 aliphatic rings. The van der Waals surface area contributed by atoms with E-state index < -0.39 is 101 Å². The lowest BCUT2D eigenvalue weighted by molar-refractivity contribution is -0.132. The van der Waals surface area contributed by atoms with Crippen LogP contribution < -0.4 is 81.0 Å². The van der Waals surface area contributed by atoms with E-state index in [0.717, 1.165) is 23.5 Å². The lowest BCUT2D eigenvalue weighted by atomic mass is 10.1. The number of hydrogen-bond donors (Lipinski definition) is 16. The molecule has 0 aromatic carbocycles. The van der Waals surface area contributed by atoms with E-state index in [9.17, 15) is 71.9 Å². The van der Waals surface area contributed by atoms with Gasteiger partial charge in [-0.15, -0.1) is 23.5 Å². The zero-order chi connectivity index (χ0) is 67.8. The Bertz CT molecular complexity index is 2330. The molecule has 0 radical (unpaired) electrons. The number of thioether (sulfide) groups is 2. The van der Waals surface area contributed by atoms with Gasteiger partial charge in [-0.3, -0.25) is 71.9 Å². The van der Waals surface area contributed by atoms with Crippen LogP contribution >= 0.6 is 36.2 Å². The number of amides is 15. The summed E-state index contributed by atoms with van der Waals surface area (Å²) in [5.74, 6) is -8.07. The number of thiol groups is 1. The molecule has 0 aromatic heterocycles. The number of primary amides is 3. The van der Waals surface area contributed by atoms with E-state index in [0.29, 0.717) is 95.9 Å². The first-order chi connectivity index (χ1) is 42.8. The largest absolute Gasteiger partial charge is 0.368 e. The molecule has 0 rings (SSSR count). The zero-order valence-electron chi connectivity index (χ0n) is 52.9. The van der Waals surface area contributed by atoms with Crippen molar-refractivity contribution in [2.24, 2.45) is 17.2 Å². The Balaban J connectivity index is 5.52. The molecule has 0 aliphatic heterocycles. The van der Waals surface area contributed by atoms with Crippen LogP contribution in [-0.2, 0) is 71.9 Å². The summed E-state index contributed by atoms with van der Waals surface area (Å²) >= 11 is 6.05. The van der Waals surface area contributed by atoms with Crippen molar-refractivity contribution < 1.29 is 71.9 Å². The molecule has 0 aliphatic carbocycles. The molecular formula is C57H101N15O15S3. The third-order valence-corrected chi connectivity index (χ3v) is 15.8. The molecule has 0 spiro atoms. The van der Waals surface area contributed by atoms with Crippen molar-refractivity contribution in [1.82, 2.24) is 63.8 Å². The summed E-state index contributed by atoms with van der Waals surface area (Å²) in [6.07, 6.45) is 6.26. The van der Waals surface area contributed by atoms with Crippen molar-refractivity contribution in [3.63, 3.8) is 0 Å². The van der Waals surface area contributed by atoms with Gasteiger partial charge in [0.25, 0.3) is 0 Å². The predicted molar refractivity (Wildman–Crippen MR) is 345 cm³/mol. The average molecular weight is 1330 g/mol. The fourth-order valence-electron chi connectivity index (χ4n) is 8.27. The van der Waals surface area contributed by atoms with Crippen molar-refractivity contribution in [3.8, 4) is 0 Å².